The van der Waals surface area contributed by atoms with Crippen molar-refractivity contribution in [2.75, 3.05) is 6.61 Å². The van der Waals surface area contributed by atoms with E-state index in [4.69, 9.17) is 16.3 Å². The van der Waals surface area contributed by atoms with E-state index in [-0.39, 0.29) is 28.7 Å². The first kappa shape index (κ1) is 20.6. The number of benzene rings is 2. The average molecular weight is 431 g/mol. The van der Waals surface area contributed by atoms with Gasteiger partial charge in [0.2, 0.25) is 0 Å². The Morgan fingerprint density at radius 1 is 1.31 bits per heavy atom. The van der Waals surface area contributed by atoms with Crippen molar-refractivity contribution in [3.05, 3.63) is 85.5 Å². The molecule has 0 amide bonds. The van der Waals surface area contributed by atoms with E-state index < -0.39 is 10.9 Å². The number of nitro benzene ring substituents is 1. The van der Waals surface area contributed by atoms with Gasteiger partial charge in [0.25, 0.3) is 5.69 Å². The first-order valence-electron chi connectivity index (χ1n) is 8.48. The van der Waals surface area contributed by atoms with Crippen LogP contribution in [0.25, 0.3) is 6.08 Å². The highest BCUT2D eigenvalue weighted by molar-refractivity contribution is 8.18. The van der Waals surface area contributed by atoms with Crippen LogP contribution >= 0.6 is 23.4 Å². The molecule has 0 unspecified atom stereocenters. The minimum absolute atomic E-state index is 0.0616. The number of aliphatic hydroxyl groups is 1. The van der Waals surface area contributed by atoms with Crippen LogP contribution in [0, 0.1) is 10.1 Å². The molecule has 0 spiro atoms. The minimum atomic E-state index is -0.708. The van der Waals surface area contributed by atoms with Crippen LogP contribution < -0.4 is 0 Å². The lowest BCUT2D eigenvalue weighted by Gasteiger charge is -2.04. The van der Waals surface area contributed by atoms with Crippen LogP contribution in [0.15, 0.2) is 69.8 Å². The van der Waals surface area contributed by atoms with E-state index in [1.165, 1.54) is 18.2 Å². The molecule has 1 heterocycles. The maximum Gasteiger partial charge on any atom is 0.344 e. The summed E-state index contributed by atoms with van der Waals surface area (Å²) >= 11 is 7.05. The Kier molecular flexibility index (Phi) is 6.36. The molecule has 29 heavy (non-hydrogen) atoms. The Balaban J connectivity index is 2.05. The zero-order chi connectivity index (χ0) is 21.0. The first-order valence-corrected chi connectivity index (χ1v) is 9.68. The highest BCUT2D eigenvalue weighted by Gasteiger charge is 2.33. The zero-order valence-corrected chi connectivity index (χ0v) is 16.7. The van der Waals surface area contributed by atoms with Crippen molar-refractivity contribution in [3.63, 3.8) is 0 Å². The van der Waals surface area contributed by atoms with Crippen LogP contribution in [0.2, 0.25) is 5.02 Å². The zero-order valence-electron chi connectivity index (χ0n) is 15.2. The van der Waals surface area contributed by atoms with E-state index in [2.05, 4.69) is 4.99 Å². The van der Waals surface area contributed by atoms with Crippen LogP contribution in [-0.2, 0) is 9.53 Å². The van der Waals surface area contributed by atoms with Gasteiger partial charge in [-0.2, -0.15) is 0 Å². The molecule has 1 aliphatic rings. The third-order valence-corrected chi connectivity index (χ3v) is 5.04. The van der Waals surface area contributed by atoms with E-state index in [0.717, 1.165) is 11.8 Å². The van der Waals surface area contributed by atoms with Crippen LogP contribution in [0.1, 0.15) is 12.5 Å². The number of aliphatic imine (C=N–C) groups is 1. The highest BCUT2D eigenvalue weighted by Crippen LogP contribution is 2.40. The lowest BCUT2D eigenvalue weighted by atomic mass is 10.1. The fourth-order valence-electron chi connectivity index (χ4n) is 2.53. The second-order valence-electron chi connectivity index (χ2n) is 5.80. The molecular weight excluding hydrogens is 416 g/mol. The molecule has 2 aromatic carbocycles. The summed E-state index contributed by atoms with van der Waals surface area (Å²) in [6.45, 7) is 1.79. The summed E-state index contributed by atoms with van der Waals surface area (Å²) in [7, 11) is 0. The van der Waals surface area contributed by atoms with Crippen molar-refractivity contribution in [1.82, 2.24) is 0 Å². The third kappa shape index (κ3) is 4.85. The number of non-ortho nitro benzene ring substituents is 1. The molecule has 0 aromatic heterocycles. The summed E-state index contributed by atoms with van der Waals surface area (Å²) in [5.41, 5.74) is 0.865. The molecule has 1 N–H and O–H groups in total. The van der Waals surface area contributed by atoms with Crippen LogP contribution in [0.4, 0.5) is 11.4 Å². The number of halogens is 1. The Hall–Kier alpha value is -3.10. The van der Waals surface area contributed by atoms with E-state index in [1.807, 2.05) is 0 Å². The number of rotatable bonds is 5. The van der Waals surface area contributed by atoms with Crippen molar-refractivity contribution >= 4 is 51.8 Å². The summed E-state index contributed by atoms with van der Waals surface area (Å²) in [5.74, 6) is -0.999. The number of nitro groups is 1. The quantitative estimate of drug-likeness (QED) is 0.385. The maximum atomic E-state index is 12.4. The van der Waals surface area contributed by atoms with Crippen LogP contribution in [0.3, 0.4) is 0 Å². The number of carbonyl (C=O) groups excluding carboxylic acids is 1. The number of ether oxygens (including phenoxy) is 1. The molecule has 0 saturated heterocycles. The van der Waals surface area contributed by atoms with Gasteiger partial charge in [0, 0.05) is 17.2 Å². The highest BCUT2D eigenvalue weighted by atomic mass is 35.5. The number of nitrogens with zero attached hydrogens (tertiary/aromatic N) is 2. The van der Waals surface area contributed by atoms with Crippen LogP contribution in [0.5, 0.6) is 0 Å². The van der Waals surface area contributed by atoms with Crippen LogP contribution in [-0.4, -0.2) is 27.6 Å². The van der Waals surface area contributed by atoms with Gasteiger partial charge in [0.15, 0.2) is 0 Å². The van der Waals surface area contributed by atoms with Crippen molar-refractivity contribution in [1.29, 1.82) is 0 Å². The van der Waals surface area contributed by atoms with Gasteiger partial charge in [-0.25, -0.2) is 9.79 Å². The number of aliphatic hydroxyl groups excluding tert-OH is 1. The number of hydrogen-bond acceptors (Lipinski definition) is 7. The normalized spacial score (nSPS) is 16.5. The molecule has 1 aliphatic heterocycles. The Labute approximate surface area is 175 Å². The molecule has 0 fully saturated rings. The van der Waals surface area contributed by atoms with Gasteiger partial charge in [-0.1, -0.05) is 41.6 Å². The molecule has 7 nitrogen and oxygen atoms in total. The summed E-state index contributed by atoms with van der Waals surface area (Å²) < 4.78 is 5.04. The van der Waals surface area contributed by atoms with E-state index in [0.29, 0.717) is 21.2 Å². The smallest absolute Gasteiger partial charge is 0.344 e. The summed E-state index contributed by atoms with van der Waals surface area (Å²) in [6, 6.07) is 12.7. The Morgan fingerprint density at radius 3 is 2.76 bits per heavy atom. The van der Waals surface area contributed by atoms with Crippen molar-refractivity contribution in [2.24, 2.45) is 4.99 Å². The maximum absolute atomic E-state index is 12.4. The number of esters is 1. The molecule has 2 aromatic rings. The van der Waals surface area contributed by atoms with Gasteiger partial charge in [-0.15, -0.1) is 0 Å². The van der Waals surface area contributed by atoms with E-state index in [9.17, 15) is 20.0 Å². The lowest BCUT2D eigenvalue weighted by Crippen LogP contribution is -2.12. The number of hydrogen-bond donors (Lipinski definition) is 1. The predicted molar refractivity (Wildman–Crippen MR) is 113 cm³/mol. The summed E-state index contributed by atoms with van der Waals surface area (Å²) in [4.78, 5) is 27.6. The van der Waals surface area contributed by atoms with Crippen molar-refractivity contribution < 1.29 is 19.6 Å². The SMILES string of the molecule is CCOC(=O)C1=C(O)C(=Cc2cccc([N+](=O)[O-])c2)SC1=Nc1cccc(Cl)c1. The Bertz CT molecular complexity index is 1080. The largest absolute Gasteiger partial charge is 0.506 e. The molecule has 0 radical (unpaired) electrons. The molecule has 3 rings (SSSR count). The van der Waals surface area contributed by atoms with Gasteiger partial charge in [0.1, 0.15) is 16.4 Å². The standard InChI is InChI=1S/C20H15ClN2O5S/c1-2-28-20(25)17-18(24)16(10-12-5-3-8-15(9-12)23(26)27)29-19(17)22-14-7-4-6-13(21)11-14/h3-11,24H,2H2,1H3. The molecule has 0 aliphatic carbocycles. The van der Waals surface area contributed by atoms with Gasteiger partial charge in [0.05, 0.1) is 22.1 Å². The van der Waals surface area contributed by atoms with E-state index in [1.54, 1.807) is 43.3 Å². The summed E-state index contributed by atoms with van der Waals surface area (Å²) in [6.07, 6.45) is 1.55. The Morgan fingerprint density at radius 2 is 2.07 bits per heavy atom. The molecule has 0 bridgehead atoms. The second kappa shape index (κ2) is 8.93. The molecule has 0 saturated carbocycles. The first-order chi connectivity index (χ1) is 13.9. The molecule has 148 valence electrons. The van der Waals surface area contributed by atoms with Gasteiger partial charge < -0.3 is 9.84 Å². The number of thioether (sulfide) groups is 1. The van der Waals surface area contributed by atoms with Gasteiger partial charge in [-0.05, 0) is 36.8 Å². The number of carbonyl (C=O) groups is 1. The predicted octanol–water partition coefficient (Wildman–Crippen LogP) is 5.44. The van der Waals surface area contributed by atoms with Gasteiger partial charge >= 0.3 is 5.97 Å². The third-order valence-electron chi connectivity index (χ3n) is 3.79. The molecular formula is C20H15ClN2O5S. The average Bonchev–Trinajstić information content (AvgIpc) is 2.97. The fourth-order valence-corrected chi connectivity index (χ4v) is 3.75. The summed E-state index contributed by atoms with van der Waals surface area (Å²) in [5, 5.41) is 22.3. The lowest BCUT2D eigenvalue weighted by molar-refractivity contribution is -0.384. The topological polar surface area (TPSA) is 102 Å². The monoisotopic (exact) mass is 430 g/mol. The van der Waals surface area contributed by atoms with Gasteiger partial charge in [-0.3, -0.25) is 10.1 Å². The second-order valence-corrected chi connectivity index (χ2v) is 7.27. The molecule has 9 heteroatoms. The fraction of sp³-hybridized carbons (Fsp3) is 0.100. The van der Waals surface area contributed by atoms with E-state index >= 15 is 0 Å². The minimum Gasteiger partial charge on any atom is -0.506 e. The van der Waals surface area contributed by atoms with Crippen molar-refractivity contribution in [2.45, 2.75) is 6.92 Å². The molecule has 0 atom stereocenters. The van der Waals surface area contributed by atoms with Crippen molar-refractivity contribution in [3.8, 4) is 0 Å².